The fraction of sp³-hybridized carbons (Fsp3) is 0.636. The smallest absolute Gasteiger partial charge is 0.224 e. The number of hydrogen-bond donors (Lipinski definition) is 1. The Bertz CT molecular complexity index is 331. The lowest BCUT2D eigenvalue weighted by atomic mass is 10.1. The van der Waals surface area contributed by atoms with Crippen LogP contribution in [-0.2, 0) is 0 Å². The molecule has 1 saturated carbocycles. The van der Waals surface area contributed by atoms with Crippen LogP contribution in [0, 0.1) is 0 Å². The van der Waals surface area contributed by atoms with E-state index in [4.69, 9.17) is 22.1 Å². The van der Waals surface area contributed by atoms with E-state index in [1.165, 1.54) is 25.7 Å². The van der Waals surface area contributed by atoms with Crippen molar-refractivity contribution >= 4 is 17.5 Å². The van der Waals surface area contributed by atoms with Crippen LogP contribution in [0.5, 0.6) is 5.88 Å². The Morgan fingerprint density at radius 2 is 1.88 bits per heavy atom. The number of halogens is 1. The van der Waals surface area contributed by atoms with Crippen LogP contribution < -0.4 is 10.5 Å². The predicted octanol–water partition coefficient (Wildman–Crippen LogP) is 2.81. The van der Waals surface area contributed by atoms with Crippen molar-refractivity contribution in [3.63, 3.8) is 0 Å². The van der Waals surface area contributed by atoms with Gasteiger partial charge in [0.2, 0.25) is 11.8 Å². The Morgan fingerprint density at radius 3 is 2.50 bits per heavy atom. The van der Waals surface area contributed by atoms with Crippen molar-refractivity contribution in [3.05, 3.63) is 11.2 Å². The van der Waals surface area contributed by atoms with Crippen molar-refractivity contribution in [2.75, 3.05) is 5.73 Å². The third-order valence-electron chi connectivity index (χ3n) is 2.78. The number of ether oxygens (including phenoxy) is 1. The first-order valence-corrected chi connectivity index (χ1v) is 6.08. The lowest BCUT2D eigenvalue weighted by Gasteiger charge is -2.16. The number of hydrogen-bond acceptors (Lipinski definition) is 4. The van der Waals surface area contributed by atoms with Gasteiger partial charge in [-0.15, -0.1) is 0 Å². The summed E-state index contributed by atoms with van der Waals surface area (Å²) in [6.07, 6.45) is 7.45. The Kier molecular flexibility index (Phi) is 3.83. The van der Waals surface area contributed by atoms with E-state index in [1.807, 2.05) is 0 Å². The van der Waals surface area contributed by atoms with Crippen molar-refractivity contribution in [3.8, 4) is 5.88 Å². The molecule has 1 heterocycles. The van der Waals surface area contributed by atoms with Crippen LogP contribution in [0.2, 0.25) is 5.15 Å². The fourth-order valence-electron chi connectivity index (χ4n) is 2.00. The summed E-state index contributed by atoms with van der Waals surface area (Å²) in [6.45, 7) is 0. The molecule has 88 valence electrons. The largest absolute Gasteiger partial charge is 0.474 e. The highest BCUT2D eigenvalue weighted by atomic mass is 35.5. The van der Waals surface area contributed by atoms with Crippen LogP contribution in [-0.4, -0.2) is 16.1 Å². The molecule has 0 spiro atoms. The quantitative estimate of drug-likeness (QED) is 0.639. The van der Waals surface area contributed by atoms with E-state index < -0.39 is 0 Å². The molecule has 0 unspecified atom stereocenters. The molecule has 5 heteroatoms. The second-order valence-corrected chi connectivity index (χ2v) is 4.51. The molecule has 16 heavy (non-hydrogen) atoms. The first-order chi connectivity index (χ1) is 7.74. The van der Waals surface area contributed by atoms with E-state index >= 15 is 0 Å². The van der Waals surface area contributed by atoms with E-state index in [1.54, 1.807) is 6.07 Å². The average molecular weight is 242 g/mol. The molecule has 0 radical (unpaired) electrons. The standard InChI is InChI=1S/C11H16ClN3O/c12-9-7-10(15-11(13)14-9)16-8-5-3-1-2-4-6-8/h7-8H,1-6H2,(H2,13,14,15). The summed E-state index contributed by atoms with van der Waals surface area (Å²) in [7, 11) is 0. The molecule has 0 amide bonds. The van der Waals surface area contributed by atoms with Gasteiger partial charge in [-0.25, -0.2) is 4.98 Å². The summed E-state index contributed by atoms with van der Waals surface area (Å²) in [5.41, 5.74) is 5.51. The third-order valence-corrected chi connectivity index (χ3v) is 2.97. The molecule has 0 saturated heterocycles. The van der Waals surface area contributed by atoms with Crippen LogP contribution in [0.25, 0.3) is 0 Å². The molecule has 0 atom stereocenters. The molecule has 1 fully saturated rings. The van der Waals surface area contributed by atoms with E-state index in [2.05, 4.69) is 9.97 Å². The molecule has 0 aromatic carbocycles. The van der Waals surface area contributed by atoms with Gasteiger partial charge in [-0.1, -0.05) is 24.4 Å². The van der Waals surface area contributed by atoms with E-state index in [0.29, 0.717) is 11.0 Å². The van der Waals surface area contributed by atoms with Crippen molar-refractivity contribution in [2.45, 2.75) is 44.6 Å². The lowest BCUT2D eigenvalue weighted by molar-refractivity contribution is 0.176. The zero-order valence-electron chi connectivity index (χ0n) is 9.16. The van der Waals surface area contributed by atoms with Gasteiger partial charge in [-0.2, -0.15) is 4.98 Å². The van der Waals surface area contributed by atoms with Gasteiger partial charge in [0.15, 0.2) is 0 Å². The summed E-state index contributed by atoms with van der Waals surface area (Å²) in [4.78, 5) is 7.82. The molecule has 2 rings (SSSR count). The summed E-state index contributed by atoms with van der Waals surface area (Å²) in [6, 6.07) is 1.61. The number of aromatic nitrogens is 2. The van der Waals surface area contributed by atoms with E-state index in [-0.39, 0.29) is 12.1 Å². The van der Waals surface area contributed by atoms with Gasteiger partial charge in [0.05, 0.1) is 0 Å². The topological polar surface area (TPSA) is 61.0 Å². The second-order valence-electron chi connectivity index (χ2n) is 4.12. The molecular formula is C11H16ClN3O. The molecule has 1 aliphatic rings. The molecule has 0 bridgehead atoms. The predicted molar refractivity (Wildman–Crippen MR) is 63.6 cm³/mol. The molecular weight excluding hydrogens is 226 g/mol. The Labute approximate surface area is 100 Å². The van der Waals surface area contributed by atoms with E-state index in [0.717, 1.165) is 12.8 Å². The molecule has 4 nitrogen and oxygen atoms in total. The third kappa shape index (κ3) is 3.23. The van der Waals surface area contributed by atoms with Gasteiger partial charge in [0.1, 0.15) is 11.3 Å². The summed E-state index contributed by atoms with van der Waals surface area (Å²) < 4.78 is 5.78. The minimum atomic E-state index is 0.163. The molecule has 1 aromatic heterocycles. The minimum Gasteiger partial charge on any atom is -0.474 e. The van der Waals surface area contributed by atoms with Crippen molar-refractivity contribution in [2.24, 2.45) is 0 Å². The summed E-state index contributed by atoms with van der Waals surface area (Å²) >= 11 is 5.79. The Balaban J connectivity index is 2.01. The highest BCUT2D eigenvalue weighted by molar-refractivity contribution is 6.29. The van der Waals surface area contributed by atoms with Gasteiger partial charge < -0.3 is 10.5 Å². The minimum absolute atomic E-state index is 0.163. The SMILES string of the molecule is Nc1nc(Cl)cc(OC2CCCCCC2)n1. The number of nitrogens with two attached hydrogens (primary N) is 1. The average Bonchev–Trinajstić information content (AvgIpc) is 2.44. The zero-order chi connectivity index (χ0) is 11.4. The molecule has 0 aliphatic heterocycles. The van der Waals surface area contributed by atoms with Gasteiger partial charge >= 0.3 is 0 Å². The molecule has 1 aliphatic carbocycles. The molecule has 1 aromatic rings. The van der Waals surface area contributed by atoms with Crippen molar-refractivity contribution in [1.82, 2.24) is 9.97 Å². The van der Waals surface area contributed by atoms with Gasteiger partial charge in [0, 0.05) is 6.07 Å². The Hall–Kier alpha value is -1.03. The normalized spacial score (nSPS) is 18.1. The monoisotopic (exact) mass is 241 g/mol. The van der Waals surface area contributed by atoms with Crippen LogP contribution in [0.1, 0.15) is 38.5 Å². The van der Waals surface area contributed by atoms with Crippen LogP contribution >= 0.6 is 11.6 Å². The number of nitrogens with zero attached hydrogens (tertiary/aromatic N) is 2. The maximum absolute atomic E-state index is 5.79. The van der Waals surface area contributed by atoms with Crippen LogP contribution in [0.4, 0.5) is 5.95 Å². The first kappa shape index (κ1) is 11.5. The Morgan fingerprint density at radius 1 is 1.19 bits per heavy atom. The first-order valence-electron chi connectivity index (χ1n) is 5.71. The van der Waals surface area contributed by atoms with Gasteiger partial charge in [0.25, 0.3) is 0 Å². The highest BCUT2D eigenvalue weighted by Gasteiger charge is 2.14. The maximum Gasteiger partial charge on any atom is 0.224 e. The summed E-state index contributed by atoms with van der Waals surface area (Å²) in [5, 5.41) is 0.330. The number of rotatable bonds is 2. The number of nitrogen functional groups attached to an aromatic ring is 1. The summed E-state index contributed by atoms with van der Waals surface area (Å²) in [5.74, 6) is 0.653. The highest BCUT2D eigenvalue weighted by Crippen LogP contribution is 2.23. The van der Waals surface area contributed by atoms with E-state index in [9.17, 15) is 0 Å². The van der Waals surface area contributed by atoms with Gasteiger partial charge in [-0.05, 0) is 25.7 Å². The molecule has 2 N–H and O–H groups in total. The van der Waals surface area contributed by atoms with Crippen molar-refractivity contribution < 1.29 is 4.74 Å². The number of anilines is 1. The zero-order valence-corrected chi connectivity index (χ0v) is 9.91. The van der Waals surface area contributed by atoms with Crippen LogP contribution in [0.3, 0.4) is 0 Å². The lowest BCUT2D eigenvalue weighted by Crippen LogP contribution is -2.16. The fourth-order valence-corrected chi connectivity index (χ4v) is 2.18. The van der Waals surface area contributed by atoms with Crippen molar-refractivity contribution in [1.29, 1.82) is 0 Å². The maximum atomic E-state index is 5.79. The van der Waals surface area contributed by atoms with Crippen LogP contribution in [0.15, 0.2) is 6.07 Å². The van der Waals surface area contributed by atoms with Gasteiger partial charge in [-0.3, -0.25) is 0 Å². The second kappa shape index (κ2) is 5.34.